The second-order valence-electron chi connectivity index (χ2n) is 10.8. The van der Waals surface area contributed by atoms with Gasteiger partial charge in [0.1, 0.15) is 30.1 Å². The molecule has 0 bridgehead atoms. The second-order valence-corrected chi connectivity index (χ2v) is 10.8. The van der Waals surface area contributed by atoms with Crippen LogP contribution in [0.2, 0.25) is 0 Å². The van der Waals surface area contributed by atoms with Gasteiger partial charge in [-0.25, -0.2) is 15.0 Å². The van der Waals surface area contributed by atoms with Crippen molar-refractivity contribution in [1.82, 2.24) is 34.0 Å². The summed E-state index contributed by atoms with van der Waals surface area (Å²) in [6.07, 6.45) is 11.0. The fraction of sp³-hybridized carbons (Fsp3) is 0.323. The van der Waals surface area contributed by atoms with Gasteiger partial charge in [0.15, 0.2) is 0 Å². The van der Waals surface area contributed by atoms with Crippen LogP contribution in [-0.4, -0.2) is 60.3 Å². The standard InChI is InChI=1S/C31H33N9O/c1-31(21-32)8-11-39(12-9-31)13-14-41-26-7-10-40-28(19-34-30(40)15-26)27-16-29(36-22-35-27)33-17-23-3-5-24(6-4-23)25-18-37-38(2)20-25/h3-7,10,15-16,18-20,22H,8-9,11-14,17H2,1-2H3,(H,33,35,36). The van der Waals surface area contributed by atoms with Gasteiger partial charge in [-0.3, -0.25) is 14.0 Å². The first kappa shape index (κ1) is 26.5. The smallest absolute Gasteiger partial charge is 0.140 e. The van der Waals surface area contributed by atoms with Crippen molar-refractivity contribution < 1.29 is 4.74 Å². The lowest BCUT2D eigenvalue weighted by Crippen LogP contribution is -2.39. The zero-order valence-electron chi connectivity index (χ0n) is 23.4. The van der Waals surface area contributed by atoms with Crippen molar-refractivity contribution >= 4 is 11.5 Å². The number of anilines is 1. The Morgan fingerprint density at radius 3 is 2.61 bits per heavy atom. The van der Waals surface area contributed by atoms with Gasteiger partial charge in [0.2, 0.25) is 0 Å². The number of hydrogen-bond acceptors (Lipinski definition) is 8. The van der Waals surface area contributed by atoms with Gasteiger partial charge in [0.05, 0.1) is 35.3 Å². The monoisotopic (exact) mass is 547 g/mol. The van der Waals surface area contributed by atoms with E-state index in [9.17, 15) is 5.26 Å². The predicted octanol–water partition coefficient (Wildman–Crippen LogP) is 4.81. The number of aromatic nitrogens is 6. The van der Waals surface area contributed by atoms with Gasteiger partial charge in [0.25, 0.3) is 0 Å². The maximum Gasteiger partial charge on any atom is 0.140 e. The summed E-state index contributed by atoms with van der Waals surface area (Å²) in [5.74, 6) is 1.53. The highest BCUT2D eigenvalue weighted by atomic mass is 16.5. The number of nitriles is 1. The molecule has 5 aromatic rings. The van der Waals surface area contributed by atoms with Gasteiger partial charge in [-0.1, -0.05) is 24.3 Å². The summed E-state index contributed by atoms with van der Waals surface area (Å²) in [6.45, 7) is 6.01. The average Bonchev–Trinajstić information content (AvgIpc) is 3.64. The molecule has 4 aromatic heterocycles. The number of ether oxygens (including phenoxy) is 1. The number of piperidine rings is 1. The van der Waals surface area contributed by atoms with E-state index in [2.05, 4.69) is 67.5 Å². The lowest BCUT2D eigenvalue weighted by Gasteiger charge is -2.34. The Balaban J connectivity index is 1.06. The summed E-state index contributed by atoms with van der Waals surface area (Å²) < 4.78 is 9.84. The molecule has 0 atom stereocenters. The highest BCUT2D eigenvalue weighted by Gasteiger charge is 2.29. The normalized spacial score (nSPS) is 15.0. The Morgan fingerprint density at radius 2 is 1.85 bits per heavy atom. The molecule has 1 saturated heterocycles. The summed E-state index contributed by atoms with van der Waals surface area (Å²) >= 11 is 0. The maximum absolute atomic E-state index is 9.33. The molecule has 41 heavy (non-hydrogen) atoms. The topological polar surface area (TPSA) is 109 Å². The molecule has 208 valence electrons. The van der Waals surface area contributed by atoms with E-state index in [1.54, 1.807) is 11.0 Å². The van der Waals surface area contributed by atoms with E-state index in [0.717, 1.165) is 77.8 Å². The van der Waals surface area contributed by atoms with Crippen LogP contribution in [0.25, 0.3) is 28.2 Å². The van der Waals surface area contributed by atoms with Crippen molar-refractivity contribution in [3.63, 3.8) is 0 Å². The van der Waals surface area contributed by atoms with Crippen LogP contribution in [-0.2, 0) is 13.6 Å². The number of imidazole rings is 1. The first-order valence-corrected chi connectivity index (χ1v) is 13.9. The Kier molecular flexibility index (Phi) is 7.35. The average molecular weight is 548 g/mol. The molecule has 1 N–H and O–H groups in total. The molecule has 5 heterocycles. The summed E-state index contributed by atoms with van der Waals surface area (Å²) in [5, 5.41) is 17.0. The number of likely N-dealkylation sites (tertiary alicyclic amines) is 1. The van der Waals surface area contributed by atoms with Gasteiger partial charge < -0.3 is 10.1 Å². The number of benzene rings is 1. The van der Waals surface area contributed by atoms with Crippen LogP contribution in [0.4, 0.5) is 5.82 Å². The van der Waals surface area contributed by atoms with Crippen molar-refractivity contribution in [2.75, 3.05) is 31.6 Å². The quantitative estimate of drug-likeness (QED) is 0.280. The number of nitrogens with zero attached hydrogens (tertiary/aromatic N) is 8. The number of nitrogens with one attached hydrogen (secondary N) is 1. The third-order valence-electron chi connectivity index (χ3n) is 7.79. The number of pyridine rings is 1. The van der Waals surface area contributed by atoms with Crippen LogP contribution in [0.3, 0.4) is 0 Å². The SMILES string of the molecule is Cn1cc(-c2ccc(CNc3cc(-c4cnc5cc(OCCN6CCC(C)(C#N)CC6)ccn45)ncn3)cc2)cn1. The first-order valence-electron chi connectivity index (χ1n) is 13.9. The van der Waals surface area contributed by atoms with Gasteiger partial charge in [-0.2, -0.15) is 10.4 Å². The maximum atomic E-state index is 9.33. The van der Waals surface area contributed by atoms with Gasteiger partial charge in [0, 0.05) is 50.2 Å². The molecule has 1 aliphatic heterocycles. The fourth-order valence-corrected chi connectivity index (χ4v) is 5.09. The summed E-state index contributed by atoms with van der Waals surface area (Å²) in [5.41, 5.74) is 5.66. The van der Waals surface area contributed by atoms with Crippen LogP contribution < -0.4 is 10.1 Å². The third-order valence-corrected chi connectivity index (χ3v) is 7.79. The highest BCUT2D eigenvalue weighted by Crippen LogP contribution is 2.29. The minimum atomic E-state index is -0.186. The van der Waals surface area contributed by atoms with E-state index in [-0.39, 0.29) is 5.41 Å². The minimum Gasteiger partial charge on any atom is -0.492 e. The van der Waals surface area contributed by atoms with Crippen LogP contribution in [0.15, 0.2) is 73.6 Å². The Labute approximate surface area is 239 Å². The van der Waals surface area contributed by atoms with E-state index >= 15 is 0 Å². The van der Waals surface area contributed by atoms with Gasteiger partial charge in [-0.15, -0.1) is 0 Å². The molecule has 10 heteroatoms. The minimum absolute atomic E-state index is 0.186. The van der Waals surface area contributed by atoms with Crippen LogP contribution in [0, 0.1) is 16.7 Å². The summed E-state index contributed by atoms with van der Waals surface area (Å²) in [4.78, 5) is 15.9. The molecular weight excluding hydrogens is 514 g/mol. The molecular formula is C31H33N9O. The van der Waals surface area contributed by atoms with Crippen LogP contribution in [0.1, 0.15) is 25.3 Å². The number of aryl methyl sites for hydroxylation is 1. The van der Waals surface area contributed by atoms with Crippen molar-refractivity contribution in [3.8, 4) is 34.3 Å². The van der Waals surface area contributed by atoms with Gasteiger partial charge >= 0.3 is 0 Å². The van der Waals surface area contributed by atoms with Crippen molar-refractivity contribution in [2.45, 2.75) is 26.3 Å². The molecule has 0 unspecified atom stereocenters. The van der Waals surface area contributed by atoms with Crippen molar-refractivity contribution in [2.24, 2.45) is 12.5 Å². The van der Waals surface area contributed by atoms with E-state index < -0.39 is 0 Å². The van der Waals surface area contributed by atoms with Gasteiger partial charge in [-0.05, 0) is 50.0 Å². The largest absolute Gasteiger partial charge is 0.492 e. The number of rotatable bonds is 9. The lowest BCUT2D eigenvalue weighted by molar-refractivity contribution is 0.135. The summed E-state index contributed by atoms with van der Waals surface area (Å²) in [7, 11) is 1.92. The van der Waals surface area contributed by atoms with Crippen molar-refractivity contribution in [3.05, 3.63) is 79.1 Å². The first-order chi connectivity index (χ1) is 20.0. The molecule has 0 radical (unpaired) electrons. The lowest BCUT2D eigenvalue weighted by atomic mass is 9.82. The Hall–Kier alpha value is -4.75. The second kappa shape index (κ2) is 11.4. The Bertz CT molecular complexity index is 1670. The zero-order valence-corrected chi connectivity index (χ0v) is 23.4. The molecule has 1 aromatic carbocycles. The van der Waals surface area contributed by atoms with Crippen LogP contribution >= 0.6 is 0 Å². The van der Waals surface area contributed by atoms with E-state index in [0.29, 0.717) is 13.2 Å². The zero-order chi connectivity index (χ0) is 28.2. The molecule has 1 fully saturated rings. The number of hydrogen-bond donors (Lipinski definition) is 1. The summed E-state index contributed by atoms with van der Waals surface area (Å²) in [6, 6.07) is 16.7. The molecule has 10 nitrogen and oxygen atoms in total. The molecule has 0 aliphatic carbocycles. The molecule has 0 amide bonds. The predicted molar refractivity (Wildman–Crippen MR) is 157 cm³/mol. The van der Waals surface area contributed by atoms with Crippen molar-refractivity contribution in [1.29, 1.82) is 5.26 Å². The number of fused-ring (bicyclic) bond motifs is 1. The molecule has 6 rings (SSSR count). The highest BCUT2D eigenvalue weighted by molar-refractivity contribution is 5.64. The Morgan fingerprint density at radius 1 is 1.02 bits per heavy atom. The fourth-order valence-electron chi connectivity index (χ4n) is 5.09. The van der Waals surface area contributed by atoms with E-state index in [1.807, 2.05) is 54.4 Å². The van der Waals surface area contributed by atoms with Crippen LogP contribution in [0.5, 0.6) is 5.75 Å². The van der Waals surface area contributed by atoms with E-state index in [1.165, 1.54) is 0 Å². The molecule has 0 spiro atoms. The molecule has 0 saturated carbocycles. The molecule has 1 aliphatic rings. The third kappa shape index (κ3) is 6.05. The van der Waals surface area contributed by atoms with E-state index in [4.69, 9.17) is 4.74 Å².